The lowest BCUT2D eigenvalue weighted by atomic mass is 9.74. The number of nitrogens with one attached hydrogen (secondary N) is 1. The number of thioether (sulfide) groups is 1. The van der Waals surface area contributed by atoms with Gasteiger partial charge in [-0.2, -0.15) is 5.26 Å². The molecule has 1 amide bonds. The average Bonchev–Trinajstić information content (AvgIpc) is 2.80. The van der Waals surface area contributed by atoms with Crippen molar-refractivity contribution in [2.75, 3.05) is 26.1 Å². The van der Waals surface area contributed by atoms with Crippen molar-refractivity contribution in [1.82, 2.24) is 5.32 Å². The fourth-order valence-electron chi connectivity index (χ4n) is 4.11. The number of aliphatic imine (C=N–C) groups is 1. The molecular weight excluding hydrogens is 436 g/mol. The fourth-order valence-corrected chi connectivity index (χ4v) is 5.28. The van der Waals surface area contributed by atoms with Gasteiger partial charge in [0.25, 0.3) is 5.91 Å². The smallest absolute Gasteiger partial charge is 0.257 e. The summed E-state index contributed by atoms with van der Waals surface area (Å²) in [5.74, 6) is -1.69. The molecule has 0 aromatic heterocycles. The first-order chi connectivity index (χ1) is 15.5. The number of fused-ring (bicyclic) bond motifs is 1. The number of amidine groups is 1. The zero-order valence-corrected chi connectivity index (χ0v) is 18.1. The molecule has 3 atom stereocenters. The number of amides is 1. The second-order valence-electron chi connectivity index (χ2n) is 7.72. The van der Waals surface area contributed by atoms with Gasteiger partial charge in [-0.1, -0.05) is 30.0 Å². The van der Waals surface area contributed by atoms with Crippen LogP contribution in [0, 0.1) is 28.9 Å². The minimum Gasteiger partial charge on any atom is -0.382 e. The number of nitrogens with zero attached hydrogens (tertiary/aromatic N) is 2. The van der Waals surface area contributed by atoms with Gasteiger partial charge in [0, 0.05) is 36.0 Å². The first-order valence-corrected chi connectivity index (χ1v) is 11.0. The van der Waals surface area contributed by atoms with Crippen molar-refractivity contribution in [2.45, 2.75) is 18.1 Å². The van der Waals surface area contributed by atoms with Crippen molar-refractivity contribution >= 4 is 22.8 Å². The monoisotopic (exact) mass is 457 g/mol. The second-order valence-corrected chi connectivity index (χ2v) is 8.73. The SMILES string of the molecule is COCC1C[C@H]2CSC(NC(=O)c3ccccc3)=N[C@@]2(c2cc(C#N)c(F)cc2F)CO1. The average molecular weight is 458 g/mol. The van der Waals surface area contributed by atoms with E-state index < -0.39 is 17.2 Å². The maximum absolute atomic E-state index is 15.0. The number of rotatable bonds is 4. The van der Waals surface area contributed by atoms with Gasteiger partial charge in [0.2, 0.25) is 0 Å². The molecule has 0 spiro atoms. The molecule has 2 heterocycles. The van der Waals surface area contributed by atoms with Gasteiger partial charge in [0.05, 0.1) is 24.9 Å². The lowest BCUT2D eigenvalue weighted by molar-refractivity contribution is -0.0837. The third-order valence-corrected chi connectivity index (χ3v) is 6.77. The highest BCUT2D eigenvalue weighted by Crippen LogP contribution is 2.47. The third kappa shape index (κ3) is 4.26. The van der Waals surface area contributed by atoms with Gasteiger partial charge in [-0.3, -0.25) is 4.79 Å². The summed E-state index contributed by atoms with van der Waals surface area (Å²) >= 11 is 1.36. The molecule has 0 bridgehead atoms. The normalized spacial score (nSPS) is 24.8. The molecule has 1 saturated heterocycles. The second kappa shape index (κ2) is 9.36. The summed E-state index contributed by atoms with van der Waals surface area (Å²) in [5.41, 5.74) is -0.912. The van der Waals surface area contributed by atoms with E-state index >= 15 is 4.39 Å². The molecular formula is C23H21F2N3O3S. The molecule has 6 nitrogen and oxygen atoms in total. The Labute approximate surface area is 188 Å². The molecule has 4 rings (SSSR count). The Morgan fingerprint density at radius 3 is 2.84 bits per heavy atom. The van der Waals surface area contributed by atoms with E-state index in [9.17, 15) is 14.4 Å². The summed E-state index contributed by atoms with van der Waals surface area (Å²) in [6.07, 6.45) is 0.358. The minimum atomic E-state index is -1.20. The Kier molecular flexibility index (Phi) is 6.55. The van der Waals surface area contributed by atoms with Gasteiger partial charge in [-0.25, -0.2) is 13.8 Å². The Bertz CT molecular complexity index is 1090. The molecule has 2 aliphatic rings. The maximum Gasteiger partial charge on any atom is 0.257 e. The molecule has 0 aliphatic carbocycles. The Hall–Kier alpha value is -2.80. The van der Waals surface area contributed by atoms with Gasteiger partial charge in [-0.15, -0.1) is 0 Å². The number of hydrogen-bond donors (Lipinski definition) is 1. The van der Waals surface area contributed by atoms with Gasteiger partial charge in [0.1, 0.15) is 23.2 Å². The lowest BCUT2D eigenvalue weighted by Gasteiger charge is -2.46. The summed E-state index contributed by atoms with van der Waals surface area (Å²) in [6.45, 7) is 0.401. The van der Waals surface area contributed by atoms with Crippen molar-refractivity contribution < 1.29 is 23.0 Å². The van der Waals surface area contributed by atoms with Crippen LogP contribution in [0.15, 0.2) is 47.5 Å². The van der Waals surface area contributed by atoms with E-state index in [2.05, 4.69) is 5.32 Å². The zero-order chi connectivity index (χ0) is 22.7. The van der Waals surface area contributed by atoms with Crippen molar-refractivity contribution in [3.8, 4) is 6.07 Å². The van der Waals surface area contributed by atoms with Crippen LogP contribution in [0.1, 0.15) is 27.9 Å². The predicted octanol–water partition coefficient (Wildman–Crippen LogP) is 3.62. The van der Waals surface area contributed by atoms with Crippen LogP contribution in [0.2, 0.25) is 0 Å². The Morgan fingerprint density at radius 2 is 2.12 bits per heavy atom. The standard InChI is InChI=1S/C23H21F2N3O3S/c1-30-11-17-8-16-12-32-22(27-21(29)14-5-3-2-4-6-14)28-23(16,13-31-17)18-7-15(10-26)19(24)9-20(18)25/h2-7,9,16-17H,8,11-13H2,1H3,(H,27,28,29)/t16-,17?,23-/m0/s1. The van der Waals surface area contributed by atoms with E-state index in [0.717, 1.165) is 0 Å². The first kappa shape index (κ1) is 22.4. The van der Waals surface area contributed by atoms with E-state index in [1.165, 1.54) is 17.8 Å². The van der Waals surface area contributed by atoms with Gasteiger partial charge in [0.15, 0.2) is 5.17 Å². The zero-order valence-electron chi connectivity index (χ0n) is 17.3. The van der Waals surface area contributed by atoms with Crippen LogP contribution in [0.3, 0.4) is 0 Å². The number of carbonyl (C=O) groups excluding carboxylic acids is 1. The molecule has 1 N–H and O–H groups in total. The Morgan fingerprint density at radius 1 is 1.34 bits per heavy atom. The predicted molar refractivity (Wildman–Crippen MR) is 116 cm³/mol. The minimum absolute atomic E-state index is 0.0182. The van der Waals surface area contributed by atoms with Crippen molar-refractivity contribution in [2.24, 2.45) is 10.9 Å². The molecule has 2 aliphatic heterocycles. The highest BCUT2D eigenvalue weighted by Gasteiger charge is 2.50. The number of nitriles is 1. The molecule has 0 saturated carbocycles. The number of halogens is 2. The maximum atomic E-state index is 15.0. The lowest BCUT2D eigenvalue weighted by Crippen LogP contribution is -2.52. The molecule has 9 heteroatoms. The molecule has 2 aromatic rings. The third-order valence-electron chi connectivity index (χ3n) is 5.74. The highest BCUT2D eigenvalue weighted by molar-refractivity contribution is 8.13. The van der Waals surface area contributed by atoms with E-state index in [1.807, 2.05) is 6.07 Å². The van der Waals surface area contributed by atoms with Crippen LogP contribution in [-0.2, 0) is 15.0 Å². The quantitative estimate of drug-likeness (QED) is 0.758. The molecule has 2 aromatic carbocycles. The summed E-state index contributed by atoms with van der Waals surface area (Å²) in [6, 6.07) is 12.4. The van der Waals surface area contributed by atoms with Crippen LogP contribution in [0.25, 0.3) is 0 Å². The fraction of sp³-hybridized carbons (Fsp3) is 0.348. The Balaban J connectivity index is 1.74. The van der Waals surface area contributed by atoms with E-state index in [1.54, 1.807) is 37.4 Å². The van der Waals surface area contributed by atoms with E-state index in [0.29, 0.717) is 35.6 Å². The number of benzene rings is 2. The van der Waals surface area contributed by atoms with Crippen LogP contribution < -0.4 is 5.32 Å². The van der Waals surface area contributed by atoms with E-state index in [4.69, 9.17) is 14.5 Å². The molecule has 32 heavy (non-hydrogen) atoms. The van der Waals surface area contributed by atoms with Crippen molar-refractivity contribution in [1.29, 1.82) is 5.26 Å². The summed E-state index contributed by atoms with van der Waals surface area (Å²) in [4.78, 5) is 17.4. The highest BCUT2D eigenvalue weighted by atomic mass is 32.2. The molecule has 1 fully saturated rings. The number of methoxy groups -OCH3 is 1. The van der Waals surface area contributed by atoms with E-state index in [-0.39, 0.29) is 35.7 Å². The summed E-state index contributed by atoms with van der Waals surface area (Å²) in [7, 11) is 1.58. The molecule has 166 valence electrons. The van der Waals surface area contributed by atoms with Gasteiger partial charge < -0.3 is 14.8 Å². The number of ether oxygens (including phenoxy) is 2. The molecule has 1 unspecified atom stereocenters. The van der Waals surface area contributed by atoms with Crippen LogP contribution in [-0.4, -0.2) is 43.3 Å². The summed E-state index contributed by atoms with van der Waals surface area (Å²) in [5, 5.41) is 12.4. The van der Waals surface area contributed by atoms with Crippen LogP contribution >= 0.6 is 11.8 Å². The van der Waals surface area contributed by atoms with Gasteiger partial charge >= 0.3 is 0 Å². The van der Waals surface area contributed by atoms with Crippen molar-refractivity contribution in [3.05, 3.63) is 70.8 Å². The largest absolute Gasteiger partial charge is 0.382 e. The number of carbonyl (C=O) groups is 1. The van der Waals surface area contributed by atoms with Crippen LogP contribution in [0.4, 0.5) is 8.78 Å². The summed E-state index contributed by atoms with van der Waals surface area (Å²) < 4.78 is 40.2. The van der Waals surface area contributed by atoms with Crippen molar-refractivity contribution in [3.63, 3.8) is 0 Å². The molecule has 0 radical (unpaired) electrons. The number of hydrogen-bond acceptors (Lipinski definition) is 6. The van der Waals surface area contributed by atoms with Crippen LogP contribution in [0.5, 0.6) is 0 Å². The topological polar surface area (TPSA) is 83.7 Å². The first-order valence-electron chi connectivity index (χ1n) is 10.1. The van der Waals surface area contributed by atoms with Gasteiger partial charge in [-0.05, 0) is 24.6 Å².